The third-order valence-electron chi connectivity index (χ3n) is 8.26. The van der Waals surface area contributed by atoms with E-state index in [9.17, 15) is 5.21 Å². The predicted molar refractivity (Wildman–Crippen MR) is 145 cm³/mol. The smallest absolute Gasteiger partial charge is 0.167 e. The summed E-state index contributed by atoms with van der Waals surface area (Å²) in [6, 6.07) is 5.05. The molecule has 1 aromatic rings. The van der Waals surface area contributed by atoms with Crippen LogP contribution in [-0.2, 0) is 0 Å². The maximum atomic E-state index is 9.61. The molecule has 0 heterocycles. The molecule has 0 amide bonds. The van der Waals surface area contributed by atoms with E-state index in [1.54, 1.807) is 18.2 Å². The highest BCUT2D eigenvalue weighted by Crippen LogP contribution is 2.88. The molecular formula is C20H9Cl12NO. The van der Waals surface area contributed by atoms with Crippen molar-refractivity contribution in [3.63, 3.8) is 0 Å². The molecular weight excluding hydrogens is 696 g/mol. The number of allylic oxidation sites excluding steroid dienone is 4. The third-order valence-corrected chi connectivity index (χ3v) is 16.8. The van der Waals surface area contributed by atoms with Crippen LogP contribution in [0.5, 0.6) is 0 Å². The van der Waals surface area contributed by atoms with Crippen LogP contribution in [-0.4, -0.2) is 33.4 Å². The van der Waals surface area contributed by atoms with Crippen molar-refractivity contribution in [3.8, 4) is 0 Å². The molecule has 0 aliphatic heterocycles. The van der Waals surface area contributed by atoms with Crippen LogP contribution in [0.3, 0.4) is 0 Å². The SMILES string of the molecule is ONc1ccc2c(c1)[C@H]1[C@@H]([C@@H]3[C@@H]2[C@]2(Cl)C(Cl)=C(Cl)[C@]3(Cl)C2(Cl)Cl)[C@]2(Cl)C(Cl)=C(Cl)[C@]1(Cl)C2(Cl)Cl. The quantitative estimate of drug-likeness (QED) is 0.226. The lowest BCUT2D eigenvalue weighted by molar-refractivity contribution is 0.201. The minimum Gasteiger partial charge on any atom is -0.291 e. The fourth-order valence-corrected chi connectivity index (χ4v) is 13.0. The third kappa shape index (κ3) is 2.22. The standard InChI is InChI=1S/C20H9Cl12NO/c21-11-13(23)17(27)9-7(15(11,25)19(17,29)30)5-2-1-4(33-34)3-6(5)8-10(9)18(28)14(24)12(22)16(8,26)20(18,31)32/h1-3,7-10,33-34H/t7-,8+,9+,10+,15+,16+,17+,18+/m1/s1. The molecule has 4 bridgehead atoms. The summed E-state index contributed by atoms with van der Waals surface area (Å²) in [6.07, 6.45) is 0. The molecule has 2 saturated carbocycles. The molecule has 0 unspecified atom stereocenters. The fraction of sp³-hybridized carbons (Fsp3) is 0.500. The highest BCUT2D eigenvalue weighted by molar-refractivity contribution is 6.67. The zero-order valence-corrected chi connectivity index (χ0v) is 25.1. The Morgan fingerprint density at radius 2 is 0.971 bits per heavy atom. The van der Waals surface area contributed by atoms with Crippen molar-refractivity contribution >= 4 is 145 Å². The van der Waals surface area contributed by atoms with E-state index in [0.29, 0.717) is 16.8 Å². The number of anilines is 1. The van der Waals surface area contributed by atoms with Crippen molar-refractivity contribution < 1.29 is 5.21 Å². The van der Waals surface area contributed by atoms with Gasteiger partial charge in [-0.25, -0.2) is 0 Å². The van der Waals surface area contributed by atoms with Gasteiger partial charge in [-0.05, 0) is 23.3 Å². The summed E-state index contributed by atoms with van der Waals surface area (Å²) in [6.45, 7) is 0. The summed E-state index contributed by atoms with van der Waals surface area (Å²) in [5.74, 6) is -3.01. The lowest BCUT2D eigenvalue weighted by atomic mass is 9.57. The largest absolute Gasteiger partial charge is 0.291 e. The van der Waals surface area contributed by atoms with E-state index in [4.69, 9.17) is 139 Å². The van der Waals surface area contributed by atoms with E-state index < -0.39 is 51.8 Å². The summed E-state index contributed by atoms with van der Waals surface area (Å²) < 4.78 is -3.76. The maximum Gasteiger partial charge on any atom is 0.167 e. The average molecular weight is 705 g/mol. The summed E-state index contributed by atoms with van der Waals surface area (Å²) >= 11 is 83.4. The average Bonchev–Trinajstić information content (AvgIpc) is 3.13. The van der Waals surface area contributed by atoms with Crippen LogP contribution < -0.4 is 5.48 Å². The van der Waals surface area contributed by atoms with E-state index >= 15 is 0 Å². The normalized spacial score (nSPS) is 48.9. The topological polar surface area (TPSA) is 32.3 Å². The monoisotopic (exact) mass is 699 g/mol. The second kappa shape index (κ2) is 7.17. The van der Waals surface area contributed by atoms with Crippen LogP contribution in [0.2, 0.25) is 0 Å². The highest BCUT2D eigenvalue weighted by atomic mass is 35.5. The van der Waals surface area contributed by atoms with Gasteiger partial charge in [0, 0.05) is 23.7 Å². The number of fused-ring (bicyclic) bond motifs is 14. The molecule has 34 heavy (non-hydrogen) atoms. The number of hydrogen-bond acceptors (Lipinski definition) is 2. The Morgan fingerprint density at radius 1 is 0.588 bits per heavy atom. The van der Waals surface area contributed by atoms with Crippen LogP contribution in [0, 0.1) is 11.8 Å². The van der Waals surface area contributed by atoms with E-state index in [0.717, 1.165) is 0 Å². The Morgan fingerprint density at radius 3 is 1.38 bits per heavy atom. The van der Waals surface area contributed by atoms with Gasteiger partial charge in [0.2, 0.25) is 0 Å². The van der Waals surface area contributed by atoms with Gasteiger partial charge < -0.3 is 0 Å². The van der Waals surface area contributed by atoms with Gasteiger partial charge >= 0.3 is 0 Å². The minimum atomic E-state index is -1.89. The number of halogens is 12. The first-order valence-electron chi connectivity index (χ1n) is 9.71. The van der Waals surface area contributed by atoms with Crippen LogP contribution in [0.15, 0.2) is 38.3 Å². The van der Waals surface area contributed by atoms with Gasteiger partial charge in [-0.1, -0.05) is 98.9 Å². The minimum absolute atomic E-state index is 0.000495. The molecule has 184 valence electrons. The molecule has 0 saturated heterocycles. The van der Waals surface area contributed by atoms with Crippen molar-refractivity contribution in [2.75, 3.05) is 5.48 Å². The van der Waals surface area contributed by atoms with Crippen molar-refractivity contribution in [2.24, 2.45) is 11.8 Å². The van der Waals surface area contributed by atoms with Crippen molar-refractivity contribution in [2.45, 2.75) is 40.0 Å². The van der Waals surface area contributed by atoms with E-state index in [2.05, 4.69) is 5.48 Å². The first kappa shape index (κ1) is 26.2. The van der Waals surface area contributed by atoms with Gasteiger partial charge in [0.25, 0.3) is 0 Å². The van der Waals surface area contributed by atoms with Crippen LogP contribution >= 0.6 is 139 Å². The lowest BCUT2D eigenvalue weighted by Gasteiger charge is -2.52. The van der Waals surface area contributed by atoms with Crippen molar-refractivity contribution in [1.82, 2.24) is 0 Å². The molecule has 14 heteroatoms. The molecule has 5 aliphatic rings. The molecule has 5 aliphatic carbocycles. The van der Waals surface area contributed by atoms with Crippen molar-refractivity contribution in [3.05, 3.63) is 49.5 Å². The molecule has 0 aromatic heterocycles. The number of hydrogen-bond donors (Lipinski definition) is 2. The molecule has 2 nitrogen and oxygen atoms in total. The van der Waals surface area contributed by atoms with Crippen LogP contribution in [0.25, 0.3) is 0 Å². The number of rotatable bonds is 1. The molecule has 0 spiro atoms. The predicted octanol–water partition coefficient (Wildman–Crippen LogP) is 9.59. The maximum absolute atomic E-state index is 9.61. The van der Waals surface area contributed by atoms with E-state index in [-0.39, 0.29) is 20.1 Å². The second-order valence-corrected chi connectivity index (χ2v) is 15.8. The highest BCUT2D eigenvalue weighted by Gasteiger charge is 2.91. The van der Waals surface area contributed by atoms with Crippen LogP contribution in [0.1, 0.15) is 23.0 Å². The molecule has 2 N–H and O–H groups in total. The van der Waals surface area contributed by atoms with Gasteiger partial charge in [0.15, 0.2) is 8.67 Å². The molecule has 2 fully saturated rings. The molecule has 0 radical (unpaired) electrons. The lowest BCUT2D eigenvalue weighted by Crippen LogP contribution is -2.53. The Kier molecular flexibility index (Phi) is 5.52. The zero-order chi connectivity index (χ0) is 25.2. The van der Waals surface area contributed by atoms with Gasteiger partial charge in [-0.3, -0.25) is 10.7 Å². The summed E-state index contributed by atoms with van der Waals surface area (Å²) in [4.78, 5) is -6.70. The number of alkyl halides is 8. The van der Waals surface area contributed by atoms with Gasteiger partial charge in [0.1, 0.15) is 19.5 Å². The fourth-order valence-electron chi connectivity index (χ4n) is 6.97. The van der Waals surface area contributed by atoms with Gasteiger partial charge in [-0.2, -0.15) is 0 Å². The molecule has 8 atom stereocenters. The van der Waals surface area contributed by atoms with E-state index in [1.807, 2.05) is 0 Å². The number of nitrogens with one attached hydrogen (secondary N) is 1. The zero-order valence-electron chi connectivity index (χ0n) is 16.0. The first-order valence-corrected chi connectivity index (χ1v) is 14.2. The summed E-state index contributed by atoms with van der Waals surface area (Å²) in [5.41, 5.74) is 3.75. The van der Waals surface area contributed by atoms with Crippen LogP contribution in [0.4, 0.5) is 5.69 Å². The Hall–Kier alpha value is 1.94. The second-order valence-electron chi connectivity index (χ2n) is 9.21. The van der Waals surface area contributed by atoms with Crippen molar-refractivity contribution in [1.29, 1.82) is 0 Å². The molecule has 1 aromatic carbocycles. The Balaban J connectivity index is 1.78. The Bertz CT molecular complexity index is 1260. The van der Waals surface area contributed by atoms with E-state index in [1.165, 1.54) is 0 Å². The number of benzene rings is 1. The summed E-state index contributed by atoms with van der Waals surface area (Å²) in [7, 11) is 0. The van der Waals surface area contributed by atoms with Gasteiger partial charge in [0.05, 0.1) is 25.8 Å². The summed E-state index contributed by atoms with van der Waals surface area (Å²) in [5, 5.41) is 9.65. The van der Waals surface area contributed by atoms with Gasteiger partial charge in [-0.15, -0.1) is 46.4 Å². The first-order chi connectivity index (χ1) is 15.5. The molecule has 6 rings (SSSR count). The Labute approximate surface area is 254 Å².